The highest BCUT2D eigenvalue weighted by molar-refractivity contribution is 5.47. The molecule has 0 bridgehead atoms. The van der Waals surface area contributed by atoms with E-state index in [1.807, 2.05) is 0 Å². The Morgan fingerprint density at radius 2 is 2.05 bits per heavy atom. The van der Waals surface area contributed by atoms with E-state index in [1.165, 1.54) is 6.20 Å². The Balaban J connectivity index is 2.99. The number of rotatable bonds is 8. The fourth-order valence-electron chi connectivity index (χ4n) is 1.98. The second-order valence-corrected chi connectivity index (χ2v) is 5.45. The molecule has 5 heteroatoms. The van der Waals surface area contributed by atoms with Gasteiger partial charge in [0.15, 0.2) is 0 Å². The summed E-state index contributed by atoms with van der Waals surface area (Å²) < 4.78 is 18.6. The predicted octanol–water partition coefficient (Wildman–Crippen LogP) is 2.58. The van der Waals surface area contributed by atoms with E-state index < -0.39 is 0 Å². The standard InChI is InChI=1S/C15H26FN3O/c1-11(2)17-9-13-8-14(16)10-18-15(13)19(12(3)4)6-7-20-5/h8,10-12,17H,6-7,9H2,1-5H3. The van der Waals surface area contributed by atoms with Crippen molar-refractivity contribution in [1.29, 1.82) is 0 Å². The lowest BCUT2D eigenvalue weighted by molar-refractivity contribution is 0.203. The number of methoxy groups -OCH3 is 1. The van der Waals surface area contributed by atoms with Gasteiger partial charge in [0.05, 0.1) is 12.8 Å². The van der Waals surface area contributed by atoms with Gasteiger partial charge in [-0.1, -0.05) is 13.8 Å². The number of hydrogen-bond donors (Lipinski definition) is 1. The number of nitrogens with zero attached hydrogens (tertiary/aromatic N) is 2. The van der Waals surface area contributed by atoms with Gasteiger partial charge in [-0.15, -0.1) is 0 Å². The van der Waals surface area contributed by atoms with Crippen LogP contribution < -0.4 is 10.2 Å². The molecule has 0 atom stereocenters. The van der Waals surface area contributed by atoms with Crippen LogP contribution >= 0.6 is 0 Å². The largest absolute Gasteiger partial charge is 0.383 e. The predicted molar refractivity (Wildman–Crippen MR) is 80.5 cm³/mol. The average molecular weight is 283 g/mol. The second kappa shape index (κ2) is 8.17. The molecule has 0 aromatic carbocycles. The Hall–Kier alpha value is -1.20. The normalized spacial score (nSPS) is 11.4. The minimum absolute atomic E-state index is 0.279. The quantitative estimate of drug-likeness (QED) is 0.795. The van der Waals surface area contributed by atoms with Gasteiger partial charge in [0.25, 0.3) is 0 Å². The summed E-state index contributed by atoms with van der Waals surface area (Å²) >= 11 is 0. The molecule has 114 valence electrons. The van der Waals surface area contributed by atoms with Crippen LogP contribution in [0.25, 0.3) is 0 Å². The lowest BCUT2D eigenvalue weighted by atomic mass is 10.2. The van der Waals surface area contributed by atoms with Gasteiger partial charge in [-0.2, -0.15) is 0 Å². The average Bonchev–Trinajstić information content (AvgIpc) is 2.38. The second-order valence-electron chi connectivity index (χ2n) is 5.45. The van der Waals surface area contributed by atoms with Gasteiger partial charge in [-0.05, 0) is 19.9 Å². The zero-order valence-corrected chi connectivity index (χ0v) is 13.1. The SMILES string of the molecule is COCCN(c1ncc(F)cc1CNC(C)C)C(C)C. The Kier molecular flexibility index (Phi) is 6.88. The number of pyridine rings is 1. The van der Waals surface area contributed by atoms with E-state index in [-0.39, 0.29) is 11.9 Å². The first-order chi connectivity index (χ1) is 9.45. The van der Waals surface area contributed by atoms with Crippen molar-refractivity contribution in [3.63, 3.8) is 0 Å². The van der Waals surface area contributed by atoms with Crippen molar-refractivity contribution < 1.29 is 9.13 Å². The number of halogens is 1. The Morgan fingerprint density at radius 3 is 2.60 bits per heavy atom. The Labute approximate surface area is 121 Å². The Morgan fingerprint density at radius 1 is 1.35 bits per heavy atom. The van der Waals surface area contributed by atoms with Gasteiger partial charge < -0.3 is 15.0 Å². The molecule has 4 nitrogen and oxygen atoms in total. The van der Waals surface area contributed by atoms with E-state index >= 15 is 0 Å². The van der Waals surface area contributed by atoms with Crippen molar-refractivity contribution >= 4 is 5.82 Å². The fraction of sp³-hybridized carbons (Fsp3) is 0.667. The molecule has 0 aliphatic rings. The summed E-state index contributed by atoms with van der Waals surface area (Å²) in [7, 11) is 1.68. The van der Waals surface area contributed by atoms with E-state index in [9.17, 15) is 4.39 Å². The van der Waals surface area contributed by atoms with Crippen molar-refractivity contribution in [3.8, 4) is 0 Å². The fourth-order valence-corrected chi connectivity index (χ4v) is 1.98. The monoisotopic (exact) mass is 283 g/mol. The molecule has 0 saturated heterocycles. The van der Waals surface area contributed by atoms with Gasteiger partial charge in [-0.3, -0.25) is 0 Å². The maximum Gasteiger partial charge on any atom is 0.141 e. The molecule has 0 saturated carbocycles. The van der Waals surface area contributed by atoms with Gasteiger partial charge in [0.1, 0.15) is 11.6 Å². The van der Waals surface area contributed by atoms with E-state index in [0.29, 0.717) is 19.2 Å². The molecule has 20 heavy (non-hydrogen) atoms. The number of ether oxygens (including phenoxy) is 1. The third kappa shape index (κ3) is 5.06. The molecular formula is C15H26FN3O. The zero-order chi connectivity index (χ0) is 15.1. The molecule has 1 aromatic heterocycles. The first kappa shape index (κ1) is 16.9. The molecule has 0 aliphatic heterocycles. The van der Waals surface area contributed by atoms with Gasteiger partial charge in [-0.25, -0.2) is 9.37 Å². The topological polar surface area (TPSA) is 37.4 Å². The molecule has 0 amide bonds. The van der Waals surface area contributed by atoms with Crippen LogP contribution in [0.5, 0.6) is 0 Å². The van der Waals surface area contributed by atoms with E-state index in [2.05, 4.69) is 42.9 Å². The van der Waals surface area contributed by atoms with Crippen LogP contribution in [0.2, 0.25) is 0 Å². The summed E-state index contributed by atoms with van der Waals surface area (Å²) in [4.78, 5) is 6.43. The zero-order valence-electron chi connectivity index (χ0n) is 13.1. The first-order valence-corrected chi connectivity index (χ1v) is 7.09. The lowest BCUT2D eigenvalue weighted by Gasteiger charge is -2.29. The minimum atomic E-state index is -0.301. The highest BCUT2D eigenvalue weighted by atomic mass is 19.1. The van der Waals surface area contributed by atoms with Crippen LogP contribution in [0.3, 0.4) is 0 Å². The third-order valence-corrected chi connectivity index (χ3v) is 3.04. The molecule has 1 heterocycles. The van der Waals surface area contributed by atoms with Crippen molar-refractivity contribution in [1.82, 2.24) is 10.3 Å². The smallest absolute Gasteiger partial charge is 0.141 e. The van der Waals surface area contributed by atoms with E-state index in [1.54, 1.807) is 13.2 Å². The maximum atomic E-state index is 13.5. The van der Waals surface area contributed by atoms with Crippen molar-refractivity contribution in [2.24, 2.45) is 0 Å². The molecule has 1 N–H and O–H groups in total. The van der Waals surface area contributed by atoms with Crippen LogP contribution in [-0.4, -0.2) is 37.3 Å². The lowest BCUT2D eigenvalue weighted by Crippen LogP contribution is -2.36. The van der Waals surface area contributed by atoms with Gasteiger partial charge >= 0.3 is 0 Å². The van der Waals surface area contributed by atoms with Crippen LogP contribution in [0.15, 0.2) is 12.3 Å². The van der Waals surface area contributed by atoms with Crippen LogP contribution in [0.4, 0.5) is 10.2 Å². The summed E-state index contributed by atoms with van der Waals surface area (Å²) in [5.41, 5.74) is 0.878. The molecule has 0 fully saturated rings. The summed E-state index contributed by atoms with van der Waals surface area (Å²) in [6.07, 6.45) is 1.27. The maximum absolute atomic E-state index is 13.5. The number of hydrogen-bond acceptors (Lipinski definition) is 4. The molecule has 0 radical (unpaired) electrons. The molecule has 0 aliphatic carbocycles. The highest BCUT2D eigenvalue weighted by Gasteiger charge is 2.16. The number of anilines is 1. The van der Waals surface area contributed by atoms with Crippen molar-refractivity contribution in [2.75, 3.05) is 25.2 Å². The summed E-state index contributed by atoms with van der Waals surface area (Å²) in [5, 5.41) is 3.31. The Bertz CT molecular complexity index is 410. The highest BCUT2D eigenvalue weighted by Crippen LogP contribution is 2.20. The number of aromatic nitrogens is 1. The molecule has 1 rings (SSSR count). The molecular weight excluding hydrogens is 257 g/mol. The van der Waals surface area contributed by atoms with Crippen LogP contribution in [-0.2, 0) is 11.3 Å². The summed E-state index contributed by atoms with van der Waals surface area (Å²) in [6, 6.07) is 2.18. The third-order valence-electron chi connectivity index (χ3n) is 3.04. The van der Waals surface area contributed by atoms with Gasteiger partial charge in [0.2, 0.25) is 0 Å². The van der Waals surface area contributed by atoms with Crippen LogP contribution in [0.1, 0.15) is 33.3 Å². The van der Waals surface area contributed by atoms with Gasteiger partial charge in [0, 0.05) is 37.8 Å². The minimum Gasteiger partial charge on any atom is -0.383 e. The van der Waals surface area contributed by atoms with Crippen LogP contribution in [0, 0.1) is 5.82 Å². The van der Waals surface area contributed by atoms with Crippen molar-refractivity contribution in [2.45, 2.75) is 46.3 Å². The number of nitrogens with one attached hydrogen (secondary N) is 1. The van der Waals surface area contributed by atoms with Crippen molar-refractivity contribution in [3.05, 3.63) is 23.6 Å². The molecule has 1 aromatic rings. The first-order valence-electron chi connectivity index (χ1n) is 7.09. The van der Waals surface area contributed by atoms with E-state index in [0.717, 1.165) is 17.9 Å². The molecule has 0 unspecified atom stereocenters. The molecule has 0 spiro atoms. The summed E-state index contributed by atoms with van der Waals surface area (Å²) in [6.45, 7) is 10.3. The van der Waals surface area contributed by atoms with E-state index in [4.69, 9.17) is 4.74 Å². The summed E-state index contributed by atoms with van der Waals surface area (Å²) in [5.74, 6) is 0.524.